The van der Waals surface area contributed by atoms with E-state index < -0.39 is 28.1 Å². The van der Waals surface area contributed by atoms with Gasteiger partial charge in [0, 0.05) is 13.1 Å². The lowest BCUT2D eigenvalue weighted by Crippen LogP contribution is -2.34. The van der Waals surface area contributed by atoms with Crippen molar-refractivity contribution in [2.24, 2.45) is 5.41 Å². The van der Waals surface area contributed by atoms with Crippen molar-refractivity contribution in [1.29, 1.82) is 0 Å². The summed E-state index contributed by atoms with van der Waals surface area (Å²) < 4.78 is 4.81. The van der Waals surface area contributed by atoms with Crippen LogP contribution in [0.1, 0.15) is 23.9 Å². The van der Waals surface area contributed by atoms with Crippen LogP contribution in [-0.4, -0.2) is 39.9 Å². The van der Waals surface area contributed by atoms with Gasteiger partial charge in [0.1, 0.15) is 4.92 Å². The number of aliphatic carboxylic acids is 1. The molecule has 1 aliphatic heterocycles. The number of nitrogens with zero attached hydrogens (tertiary/aromatic N) is 2. The molecule has 1 unspecified atom stereocenters. The highest BCUT2D eigenvalue weighted by Gasteiger charge is 2.42. The van der Waals surface area contributed by atoms with Gasteiger partial charge >= 0.3 is 11.9 Å². The number of nitro groups is 1. The van der Waals surface area contributed by atoms with E-state index in [-0.39, 0.29) is 18.8 Å². The summed E-state index contributed by atoms with van der Waals surface area (Å²) in [5, 5.41) is 19.5. The predicted octanol–water partition coefficient (Wildman–Crippen LogP) is 1.12. The van der Waals surface area contributed by atoms with Gasteiger partial charge in [0.2, 0.25) is 0 Å². The highest BCUT2D eigenvalue weighted by Crippen LogP contribution is 2.31. The first-order valence-corrected chi connectivity index (χ1v) is 5.60. The Hall–Kier alpha value is -2.38. The first kappa shape index (κ1) is 13.1. The molecule has 19 heavy (non-hydrogen) atoms. The zero-order valence-electron chi connectivity index (χ0n) is 10.2. The molecule has 1 N–H and O–H groups in total. The van der Waals surface area contributed by atoms with Crippen molar-refractivity contribution in [3.05, 3.63) is 28.0 Å². The molecule has 1 aromatic heterocycles. The van der Waals surface area contributed by atoms with Crippen LogP contribution >= 0.6 is 0 Å². The van der Waals surface area contributed by atoms with E-state index in [0.717, 1.165) is 6.07 Å². The topological polar surface area (TPSA) is 114 Å². The number of likely N-dealkylation sites (tertiary alicyclic amines) is 1. The molecular weight excluding hydrogens is 256 g/mol. The minimum atomic E-state index is -0.978. The molecule has 102 valence electrons. The van der Waals surface area contributed by atoms with Gasteiger partial charge in [-0.1, -0.05) is 0 Å². The first-order chi connectivity index (χ1) is 8.83. The van der Waals surface area contributed by atoms with Crippen LogP contribution in [0.4, 0.5) is 5.88 Å². The number of furan rings is 1. The average Bonchev–Trinajstić information content (AvgIpc) is 2.95. The summed E-state index contributed by atoms with van der Waals surface area (Å²) in [6, 6.07) is 2.32. The Kier molecular flexibility index (Phi) is 3.01. The first-order valence-electron chi connectivity index (χ1n) is 5.60. The van der Waals surface area contributed by atoms with E-state index >= 15 is 0 Å². The van der Waals surface area contributed by atoms with Crippen molar-refractivity contribution in [3.63, 3.8) is 0 Å². The second kappa shape index (κ2) is 4.38. The van der Waals surface area contributed by atoms with Crippen molar-refractivity contribution in [1.82, 2.24) is 4.90 Å². The quantitative estimate of drug-likeness (QED) is 0.649. The van der Waals surface area contributed by atoms with Crippen LogP contribution in [0, 0.1) is 15.5 Å². The van der Waals surface area contributed by atoms with E-state index in [1.165, 1.54) is 11.0 Å². The van der Waals surface area contributed by atoms with Gasteiger partial charge in [-0.3, -0.25) is 19.7 Å². The van der Waals surface area contributed by atoms with E-state index in [9.17, 15) is 19.7 Å². The summed E-state index contributed by atoms with van der Waals surface area (Å²) in [4.78, 5) is 34.1. The van der Waals surface area contributed by atoms with Crippen LogP contribution in [0.5, 0.6) is 0 Å². The Morgan fingerprint density at radius 2 is 2.21 bits per heavy atom. The van der Waals surface area contributed by atoms with Crippen LogP contribution in [0.25, 0.3) is 0 Å². The third kappa shape index (κ3) is 2.28. The molecule has 8 heteroatoms. The van der Waals surface area contributed by atoms with Gasteiger partial charge in [-0.2, -0.15) is 0 Å². The highest BCUT2D eigenvalue weighted by molar-refractivity contribution is 5.92. The van der Waals surface area contributed by atoms with Crippen molar-refractivity contribution in [3.8, 4) is 0 Å². The molecule has 1 aliphatic rings. The third-order valence-corrected chi connectivity index (χ3v) is 3.26. The molecule has 2 heterocycles. The minimum absolute atomic E-state index is 0.0651. The number of carbonyl (C=O) groups is 2. The smallest absolute Gasteiger partial charge is 0.433 e. The predicted molar refractivity (Wildman–Crippen MR) is 61.6 cm³/mol. The molecule has 1 amide bonds. The fourth-order valence-corrected chi connectivity index (χ4v) is 2.01. The maximum absolute atomic E-state index is 12.0. The number of rotatable bonds is 3. The number of carbonyl (C=O) groups excluding carboxylic acids is 1. The fourth-order valence-electron chi connectivity index (χ4n) is 2.01. The van der Waals surface area contributed by atoms with E-state index in [2.05, 4.69) is 0 Å². The molecule has 1 fully saturated rings. The summed E-state index contributed by atoms with van der Waals surface area (Å²) in [6.45, 7) is 1.92. The van der Waals surface area contributed by atoms with Crippen molar-refractivity contribution in [2.45, 2.75) is 13.3 Å². The average molecular weight is 268 g/mol. The van der Waals surface area contributed by atoms with Gasteiger partial charge in [0.15, 0.2) is 5.76 Å². The number of carboxylic acid groups (broad SMARTS) is 1. The minimum Gasteiger partial charge on any atom is -0.481 e. The summed E-state index contributed by atoms with van der Waals surface area (Å²) in [5.74, 6) is -2.16. The van der Waals surface area contributed by atoms with Crippen molar-refractivity contribution >= 4 is 17.8 Å². The Labute approximate surface area is 107 Å². The third-order valence-electron chi connectivity index (χ3n) is 3.26. The summed E-state index contributed by atoms with van der Waals surface area (Å²) in [5.41, 5.74) is -0.978. The zero-order chi connectivity index (χ0) is 14.2. The normalized spacial score (nSPS) is 22.5. The Bertz CT molecular complexity index is 551. The molecule has 8 nitrogen and oxygen atoms in total. The van der Waals surface area contributed by atoms with E-state index in [4.69, 9.17) is 9.52 Å². The van der Waals surface area contributed by atoms with Gasteiger partial charge in [0.05, 0.1) is 11.5 Å². The monoisotopic (exact) mass is 268 g/mol. The Balaban J connectivity index is 2.13. The van der Waals surface area contributed by atoms with E-state index in [1.807, 2.05) is 0 Å². The van der Waals surface area contributed by atoms with Crippen LogP contribution in [0.15, 0.2) is 16.5 Å². The maximum Gasteiger partial charge on any atom is 0.433 e. The molecule has 0 spiro atoms. The lowest BCUT2D eigenvalue weighted by Gasteiger charge is -2.19. The number of hydrogen-bond acceptors (Lipinski definition) is 5. The summed E-state index contributed by atoms with van der Waals surface area (Å²) in [6.07, 6.45) is 0.344. The molecular formula is C11H12N2O6. The molecule has 0 aliphatic carbocycles. The van der Waals surface area contributed by atoms with Gasteiger partial charge < -0.3 is 14.4 Å². The fraction of sp³-hybridized carbons (Fsp3) is 0.455. The van der Waals surface area contributed by atoms with Gasteiger partial charge in [-0.05, 0) is 19.4 Å². The highest BCUT2D eigenvalue weighted by atomic mass is 16.6. The second-order valence-corrected chi connectivity index (χ2v) is 4.74. The van der Waals surface area contributed by atoms with Crippen molar-refractivity contribution < 1.29 is 24.0 Å². The maximum atomic E-state index is 12.0. The van der Waals surface area contributed by atoms with Gasteiger partial charge in [0.25, 0.3) is 5.91 Å². The Morgan fingerprint density at radius 1 is 1.53 bits per heavy atom. The standard InChI is InChI=1S/C11H12N2O6/c1-11(10(15)16)4-5-12(6-11)9(14)7-2-3-8(19-7)13(17)18/h2-3H,4-6H2,1H3,(H,15,16). The molecule has 1 atom stereocenters. The summed E-state index contributed by atoms with van der Waals surface area (Å²) >= 11 is 0. The van der Waals surface area contributed by atoms with Crippen molar-refractivity contribution in [2.75, 3.05) is 13.1 Å². The van der Waals surface area contributed by atoms with E-state index in [0.29, 0.717) is 6.42 Å². The summed E-state index contributed by atoms with van der Waals surface area (Å²) in [7, 11) is 0. The number of amides is 1. The molecule has 0 bridgehead atoms. The number of hydrogen-bond donors (Lipinski definition) is 1. The van der Waals surface area contributed by atoms with E-state index in [1.54, 1.807) is 6.92 Å². The second-order valence-electron chi connectivity index (χ2n) is 4.74. The zero-order valence-corrected chi connectivity index (χ0v) is 10.2. The largest absolute Gasteiger partial charge is 0.481 e. The Morgan fingerprint density at radius 3 is 2.68 bits per heavy atom. The van der Waals surface area contributed by atoms with Gasteiger partial charge in [-0.25, -0.2) is 0 Å². The van der Waals surface area contributed by atoms with Crippen LogP contribution in [0.3, 0.4) is 0 Å². The molecule has 0 radical (unpaired) electrons. The van der Waals surface area contributed by atoms with Crippen LogP contribution in [-0.2, 0) is 4.79 Å². The number of carboxylic acids is 1. The van der Waals surface area contributed by atoms with Crippen LogP contribution in [0.2, 0.25) is 0 Å². The molecule has 2 rings (SSSR count). The lowest BCUT2D eigenvalue weighted by molar-refractivity contribution is -0.402. The lowest BCUT2D eigenvalue weighted by atomic mass is 9.90. The molecule has 0 saturated carbocycles. The molecule has 1 saturated heterocycles. The van der Waals surface area contributed by atoms with Crippen LogP contribution < -0.4 is 0 Å². The van der Waals surface area contributed by atoms with Gasteiger partial charge in [-0.15, -0.1) is 0 Å². The molecule has 1 aromatic rings. The SMILES string of the molecule is CC1(C(=O)O)CCN(C(=O)c2ccc([N+](=O)[O-])o2)C1. The molecule has 0 aromatic carbocycles.